The fourth-order valence-corrected chi connectivity index (χ4v) is 9.79. The standard InChI is InChI=1S/C64H44N2/c1-4-16-45(17-5-1)47-28-30-48(31-29-47)49-32-38-54(39-33-49)65(61-26-14-12-23-56(61)50-20-8-3-9-21-50)55-40-34-52(35-41-55)60-44-53(46-18-6-2-7-19-46)37-43-63(60)66-62-27-15-13-25-58(62)59-42-36-51-22-10-11-24-57(51)64(59)66/h1-44H. The van der Waals surface area contributed by atoms with Crippen LogP contribution in [0.25, 0.3) is 93.9 Å². The van der Waals surface area contributed by atoms with Gasteiger partial charge in [-0.1, -0.05) is 218 Å². The number of aromatic nitrogens is 1. The van der Waals surface area contributed by atoms with Crippen LogP contribution >= 0.6 is 0 Å². The minimum Gasteiger partial charge on any atom is -0.310 e. The molecule has 0 spiro atoms. The fraction of sp³-hybridized carbons (Fsp3) is 0. The number of fused-ring (bicyclic) bond motifs is 5. The maximum atomic E-state index is 2.49. The second-order valence-electron chi connectivity index (χ2n) is 16.9. The van der Waals surface area contributed by atoms with Crippen LogP contribution in [0.5, 0.6) is 0 Å². The summed E-state index contributed by atoms with van der Waals surface area (Å²) in [7, 11) is 0. The molecule has 0 radical (unpaired) electrons. The Morgan fingerprint density at radius 3 is 1.38 bits per heavy atom. The van der Waals surface area contributed by atoms with Crippen LogP contribution in [0.1, 0.15) is 0 Å². The molecule has 0 saturated heterocycles. The molecule has 0 saturated carbocycles. The zero-order valence-electron chi connectivity index (χ0n) is 36.3. The number of nitrogens with zero attached hydrogens (tertiary/aromatic N) is 2. The topological polar surface area (TPSA) is 8.17 Å². The summed E-state index contributed by atoms with van der Waals surface area (Å²) in [6.07, 6.45) is 0. The minimum absolute atomic E-state index is 1.07. The van der Waals surface area contributed by atoms with E-state index in [2.05, 4.69) is 276 Å². The van der Waals surface area contributed by atoms with E-state index in [0.29, 0.717) is 0 Å². The number of hydrogen-bond donors (Lipinski definition) is 0. The number of rotatable bonds is 9. The molecule has 1 heterocycles. The summed E-state index contributed by atoms with van der Waals surface area (Å²) in [5.74, 6) is 0. The number of para-hydroxylation sites is 2. The maximum absolute atomic E-state index is 2.49. The number of benzene rings is 11. The molecule has 0 bridgehead atoms. The molecular formula is C64H44N2. The SMILES string of the molecule is c1ccc(-c2ccc(-c3ccc(N(c4ccc(-c5cc(-c6ccccc6)ccc5-n5c6ccccc6c6ccc7ccccc7c65)cc4)c4ccccc4-c4ccccc4)cc3)cc2)cc1. The van der Waals surface area contributed by atoms with Gasteiger partial charge >= 0.3 is 0 Å². The summed E-state index contributed by atoms with van der Waals surface area (Å²) >= 11 is 0. The van der Waals surface area contributed by atoms with Crippen LogP contribution < -0.4 is 4.90 Å². The summed E-state index contributed by atoms with van der Waals surface area (Å²) in [6.45, 7) is 0. The molecule has 12 aromatic rings. The molecule has 1 aromatic heterocycles. The molecule has 11 aromatic carbocycles. The molecule has 0 amide bonds. The van der Waals surface area contributed by atoms with Gasteiger partial charge < -0.3 is 9.47 Å². The Kier molecular flexibility index (Phi) is 9.89. The lowest BCUT2D eigenvalue weighted by Gasteiger charge is -2.28. The van der Waals surface area contributed by atoms with E-state index in [0.717, 1.165) is 33.9 Å². The lowest BCUT2D eigenvalue weighted by Crippen LogP contribution is -2.11. The first-order valence-corrected chi connectivity index (χ1v) is 22.7. The Balaban J connectivity index is 1.01. The zero-order chi connectivity index (χ0) is 43.8. The molecule has 0 aliphatic heterocycles. The average molecular weight is 841 g/mol. The van der Waals surface area contributed by atoms with Crippen LogP contribution in [0.4, 0.5) is 17.1 Å². The van der Waals surface area contributed by atoms with Crippen LogP contribution in [0.3, 0.4) is 0 Å². The second-order valence-corrected chi connectivity index (χ2v) is 16.9. The highest BCUT2D eigenvalue weighted by Gasteiger charge is 2.21. The summed E-state index contributed by atoms with van der Waals surface area (Å²) in [6, 6.07) is 96.9. The van der Waals surface area contributed by atoms with E-state index in [-0.39, 0.29) is 0 Å². The van der Waals surface area contributed by atoms with Crippen molar-refractivity contribution in [3.05, 3.63) is 267 Å². The van der Waals surface area contributed by atoms with Gasteiger partial charge in [0.1, 0.15) is 0 Å². The molecule has 310 valence electrons. The molecule has 12 rings (SSSR count). The van der Waals surface area contributed by atoms with Gasteiger partial charge in [-0.3, -0.25) is 0 Å². The molecule has 0 atom stereocenters. The predicted molar refractivity (Wildman–Crippen MR) is 280 cm³/mol. The fourth-order valence-electron chi connectivity index (χ4n) is 9.79. The molecule has 0 N–H and O–H groups in total. The highest BCUT2D eigenvalue weighted by molar-refractivity contribution is 6.19. The normalized spacial score (nSPS) is 11.3. The van der Waals surface area contributed by atoms with Crippen LogP contribution in [0.15, 0.2) is 267 Å². The minimum atomic E-state index is 1.07. The molecular weight excluding hydrogens is 797 g/mol. The Morgan fingerprint density at radius 1 is 0.273 bits per heavy atom. The van der Waals surface area contributed by atoms with Gasteiger partial charge in [-0.15, -0.1) is 0 Å². The van der Waals surface area contributed by atoms with Gasteiger partial charge in [0.15, 0.2) is 0 Å². The molecule has 0 fully saturated rings. The van der Waals surface area contributed by atoms with Crippen molar-refractivity contribution in [1.29, 1.82) is 0 Å². The molecule has 0 aliphatic carbocycles. The van der Waals surface area contributed by atoms with E-state index < -0.39 is 0 Å². The van der Waals surface area contributed by atoms with Gasteiger partial charge in [-0.05, 0) is 98.4 Å². The summed E-state index contributed by atoms with van der Waals surface area (Å²) in [5.41, 5.74) is 18.6. The van der Waals surface area contributed by atoms with Crippen molar-refractivity contribution in [3.63, 3.8) is 0 Å². The van der Waals surface area contributed by atoms with E-state index >= 15 is 0 Å². The van der Waals surface area contributed by atoms with Gasteiger partial charge in [0.25, 0.3) is 0 Å². The highest BCUT2D eigenvalue weighted by Crippen LogP contribution is 2.44. The van der Waals surface area contributed by atoms with Gasteiger partial charge in [0, 0.05) is 38.7 Å². The Bertz CT molecular complexity index is 3650. The second kappa shape index (κ2) is 16.8. The van der Waals surface area contributed by atoms with E-state index in [9.17, 15) is 0 Å². The third-order valence-electron chi connectivity index (χ3n) is 13.0. The van der Waals surface area contributed by atoms with Gasteiger partial charge in [0.2, 0.25) is 0 Å². The van der Waals surface area contributed by atoms with Crippen molar-refractivity contribution >= 4 is 49.6 Å². The number of anilines is 3. The Morgan fingerprint density at radius 2 is 0.727 bits per heavy atom. The Labute approximate surface area is 385 Å². The molecule has 66 heavy (non-hydrogen) atoms. The smallest absolute Gasteiger partial charge is 0.0619 e. The summed E-state index contributed by atoms with van der Waals surface area (Å²) in [4.78, 5) is 2.40. The first-order valence-electron chi connectivity index (χ1n) is 22.7. The van der Waals surface area contributed by atoms with Crippen LogP contribution in [-0.4, -0.2) is 4.57 Å². The Hall–Kier alpha value is -8.72. The molecule has 2 heteroatoms. The molecule has 0 aliphatic rings. The van der Waals surface area contributed by atoms with Gasteiger partial charge in [-0.2, -0.15) is 0 Å². The van der Waals surface area contributed by atoms with Crippen molar-refractivity contribution in [2.24, 2.45) is 0 Å². The van der Waals surface area contributed by atoms with Crippen LogP contribution in [-0.2, 0) is 0 Å². The van der Waals surface area contributed by atoms with Crippen LogP contribution in [0.2, 0.25) is 0 Å². The van der Waals surface area contributed by atoms with Crippen molar-refractivity contribution < 1.29 is 0 Å². The summed E-state index contributed by atoms with van der Waals surface area (Å²) in [5, 5.41) is 4.96. The van der Waals surface area contributed by atoms with Gasteiger partial charge in [0.05, 0.1) is 22.4 Å². The van der Waals surface area contributed by atoms with E-state index in [4.69, 9.17) is 0 Å². The monoisotopic (exact) mass is 840 g/mol. The highest BCUT2D eigenvalue weighted by atomic mass is 15.1. The zero-order valence-corrected chi connectivity index (χ0v) is 36.3. The molecule has 2 nitrogen and oxygen atoms in total. The van der Waals surface area contributed by atoms with Crippen molar-refractivity contribution in [1.82, 2.24) is 4.57 Å². The van der Waals surface area contributed by atoms with E-state index in [1.807, 2.05) is 0 Å². The quantitative estimate of drug-likeness (QED) is 0.141. The summed E-state index contributed by atoms with van der Waals surface area (Å²) < 4.78 is 2.49. The first kappa shape index (κ1) is 38.9. The lowest BCUT2D eigenvalue weighted by atomic mass is 9.96. The third kappa shape index (κ3) is 7.02. The van der Waals surface area contributed by atoms with Crippen LogP contribution in [0, 0.1) is 0 Å². The third-order valence-corrected chi connectivity index (χ3v) is 13.0. The van der Waals surface area contributed by atoms with Gasteiger partial charge in [-0.25, -0.2) is 0 Å². The van der Waals surface area contributed by atoms with E-state index in [1.54, 1.807) is 0 Å². The number of hydrogen-bond acceptors (Lipinski definition) is 1. The van der Waals surface area contributed by atoms with Crippen molar-refractivity contribution in [2.75, 3.05) is 4.90 Å². The molecule has 0 unspecified atom stereocenters. The van der Waals surface area contributed by atoms with Crippen molar-refractivity contribution in [3.8, 4) is 61.3 Å². The lowest BCUT2D eigenvalue weighted by molar-refractivity contribution is 1.19. The maximum Gasteiger partial charge on any atom is 0.0619 e. The van der Waals surface area contributed by atoms with Crippen molar-refractivity contribution in [2.45, 2.75) is 0 Å². The van der Waals surface area contributed by atoms with E-state index in [1.165, 1.54) is 77.1 Å². The average Bonchev–Trinajstić information content (AvgIpc) is 3.75. The largest absolute Gasteiger partial charge is 0.310 e. The first-order chi connectivity index (χ1) is 32.7. The predicted octanol–water partition coefficient (Wildman–Crippen LogP) is 17.7.